The summed E-state index contributed by atoms with van der Waals surface area (Å²) >= 11 is 1.66. The fourth-order valence-electron chi connectivity index (χ4n) is 2.71. The Labute approximate surface area is 139 Å². The Bertz CT molecular complexity index is 685. The summed E-state index contributed by atoms with van der Waals surface area (Å²) in [4.78, 5) is 27.0. The SMILES string of the molecule is O=C(CN1CCc2ccccc21)NC(=O)NCCc1cccs1. The number of nitrogens with zero attached hydrogens (tertiary/aromatic N) is 1. The summed E-state index contributed by atoms with van der Waals surface area (Å²) in [5, 5.41) is 7.11. The van der Waals surface area contributed by atoms with Crippen LogP contribution in [0.2, 0.25) is 0 Å². The predicted molar refractivity (Wildman–Crippen MR) is 91.9 cm³/mol. The van der Waals surface area contributed by atoms with E-state index in [0.717, 1.165) is 25.1 Å². The number of urea groups is 1. The maximum atomic E-state index is 12.0. The highest BCUT2D eigenvalue weighted by Gasteiger charge is 2.21. The van der Waals surface area contributed by atoms with E-state index >= 15 is 0 Å². The molecule has 2 aromatic rings. The second kappa shape index (κ2) is 7.28. The van der Waals surface area contributed by atoms with Crippen LogP contribution in [-0.4, -0.2) is 31.6 Å². The van der Waals surface area contributed by atoms with Crippen LogP contribution in [0.25, 0.3) is 0 Å². The Balaban J connectivity index is 1.42. The smallest absolute Gasteiger partial charge is 0.321 e. The number of imide groups is 1. The molecule has 5 nitrogen and oxygen atoms in total. The number of anilines is 1. The van der Waals surface area contributed by atoms with Gasteiger partial charge in [0.1, 0.15) is 0 Å². The van der Waals surface area contributed by atoms with Gasteiger partial charge in [-0.15, -0.1) is 11.3 Å². The minimum atomic E-state index is -0.431. The third kappa shape index (κ3) is 4.10. The van der Waals surface area contributed by atoms with E-state index in [1.807, 2.05) is 40.6 Å². The van der Waals surface area contributed by atoms with Crippen LogP contribution in [-0.2, 0) is 17.6 Å². The van der Waals surface area contributed by atoms with E-state index in [1.165, 1.54) is 10.4 Å². The lowest BCUT2D eigenvalue weighted by molar-refractivity contribution is -0.118. The maximum Gasteiger partial charge on any atom is 0.321 e. The zero-order chi connectivity index (χ0) is 16.1. The van der Waals surface area contributed by atoms with Gasteiger partial charge in [0.05, 0.1) is 6.54 Å². The van der Waals surface area contributed by atoms with Gasteiger partial charge in [-0.1, -0.05) is 24.3 Å². The van der Waals surface area contributed by atoms with Crippen molar-refractivity contribution in [3.63, 3.8) is 0 Å². The number of carbonyl (C=O) groups excluding carboxylic acids is 2. The first-order valence-electron chi connectivity index (χ1n) is 7.65. The molecule has 0 unspecified atom stereocenters. The van der Waals surface area contributed by atoms with Crippen LogP contribution in [0.15, 0.2) is 41.8 Å². The molecule has 6 heteroatoms. The Morgan fingerprint density at radius 2 is 2.04 bits per heavy atom. The number of hydrogen-bond donors (Lipinski definition) is 2. The van der Waals surface area contributed by atoms with Crippen LogP contribution in [0.4, 0.5) is 10.5 Å². The van der Waals surface area contributed by atoms with Gasteiger partial charge >= 0.3 is 6.03 Å². The van der Waals surface area contributed by atoms with Gasteiger partial charge < -0.3 is 10.2 Å². The number of fused-ring (bicyclic) bond motifs is 1. The molecule has 0 saturated heterocycles. The van der Waals surface area contributed by atoms with Crippen LogP contribution < -0.4 is 15.5 Å². The zero-order valence-corrected chi connectivity index (χ0v) is 13.6. The lowest BCUT2D eigenvalue weighted by atomic mass is 10.2. The van der Waals surface area contributed by atoms with E-state index in [4.69, 9.17) is 0 Å². The zero-order valence-electron chi connectivity index (χ0n) is 12.7. The summed E-state index contributed by atoms with van der Waals surface area (Å²) in [6.07, 6.45) is 1.72. The number of rotatable bonds is 5. The fourth-order valence-corrected chi connectivity index (χ4v) is 3.42. The number of benzene rings is 1. The topological polar surface area (TPSA) is 61.4 Å². The van der Waals surface area contributed by atoms with Crippen molar-refractivity contribution in [1.82, 2.24) is 10.6 Å². The van der Waals surface area contributed by atoms with Crippen LogP contribution in [0, 0.1) is 0 Å². The number of hydrogen-bond acceptors (Lipinski definition) is 4. The van der Waals surface area contributed by atoms with Crippen LogP contribution in [0.3, 0.4) is 0 Å². The molecule has 1 aliphatic rings. The Morgan fingerprint density at radius 1 is 1.17 bits per heavy atom. The third-order valence-corrected chi connectivity index (χ3v) is 4.74. The molecule has 0 saturated carbocycles. The second-order valence-corrected chi connectivity index (χ2v) is 6.47. The van der Waals surface area contributed by atoms with Gasteiger partial charge in [-0.05, 0) is 35.9 Å². The summed E-state index contributed by atoms with van der Waals surface area (Å²) in [7, 11) is 0. The highest BCUT2D eigenvalue weighted by molar-refractivity contribution is 7.09. The molecular weight excluding hydrogens is 310 g/mol. The molecular formula is C17H19N3O2S. The number of amides is 3. The second-order valence-electron chi connectivity index (χ2n) is 5.43. The van der Waals surface area contributed by atoms with Crippen molar-refractivity contribution >= 4 is 29.0 Å². The molecule has 3 amide bonds. The molecule has 0 atom stereocenters. The monoisotopic (exact) mass is 329 g/mol. The number of nitrogens with one attached hydrogen (secondary N) is 2. The van der Waals surface area contributed by atoms with E-state index in [0.29, 0.717) is 6.54 Å². The Kier molecular flexibility index (Phi) is 4.92. The molecule has 1 aromatic heterocycles. The van der Waals surface area contributed by atoms with E-state index in [1.54, 1.807) is 11.3 Å². The molecule has 0 spiro atoms. The molecule has 1 aliphatic heterocycles. The van der Waals surface area contributed by atoms with Crippen molar-refractivity contribution in [2.45, 2.75) is 12.8 Å². The highest BCUT2D eigenvalue weighted by Crippen LogP contribution is 2.26. The van der Waals surface area contributed by atoms with Crippen molar-refractivity contribution in [2.75, 3.05) is 24.5 Å². The first-order valence-corrected chi connectivity index (χ1v) is 8.53. The van der Waals surface area contributed by atoms with Crippen molar-refractivity contribution in [3.8, 4) is 0 Å². The van der Waals surface area contributed by atoms with E-state index in [9.17, 15) is 9.59 Å². The number of para-hydroxylation sites is 1. The van der Waals surface area contributed by atoms with E-state index in [2.05, 4.69) is 16.7 Å². The van der Waals surface area contributed by atoms with Gasteiger partial charge in [0.15, 0.2) is 0 Å². The molecule has 0 fully saturated rings. The van der Waals surface area contributed by atoms with E-state index < -0.39 is 6.03 Å². The van der Waals surface area contributed by atoms with Gasteiger partial charge in [-0.2, -0.15) is 0 Å². The van der Waals surface area contributed by atoms with Crippen molar-refractivity contribution in [1.29, 1.82) is 0 Å². The summed E-state index contributed by atoms with van der Waals surface area (Å²) in [5.74, 6) is -0.282. The van der Waals surface area contributed by atoms with Crippen molar-refractivity contribution in [3.05, 3.63) is 52.2 Å². The summed E-state index contributed by atoms with van der Waals surface area (Å²) in [5.41, 5.74) is 2.33. The molecule has 1 aromatic carbocycles. The lowest BCUT2D eigenvalue weighted by Gasteiger charge is -2.18. The first kappa shape index (κ1) is 15.6. The molecule has 0 aliphatic carbocycles. The molecule has 23 heavy (non-hydrogen) atoms. The minimum Gasteiger partial charge on any atom is -0.362 e. The standard InChI is InChI=1S/C17H19N3O2S/c21-16(12-20-10-8-13-4-1-2-6-15(13)20)19-17(22)18-9-7-14-5-3-11-23-14/h1-6,11H,7-10,12H2,(H2,18,19,21,22). The molecule has 3 rings (SSSR count). The molecule has 0 bridgehead atoms. The number of thiophene rings is 1. The summed E-state index contributed by atoms with van der Waals surface area (Å²) in [6.45, 7) is 1.54. The van der Waals surface area contributed by atoms with Crippen molar-refractivity contribution in [2.24, 2.45) is 0 Å². The average Bonchev–Trinajstić information content (AvgIpc) is 3.18. The molecule has 2 N–H and O–H groups in total. The third-order valence-electron chi connectivity index (χ3n) is 3.81. The van der Waals surface area contributed by atoms with Crippen LogP contribution in [0.1, 0.15) is 10.4 Å². The quantitative estimate of drug-likeness (QED) is 0.884. The first-order chi connectivity index (χ1) is 11.2. The summed E-state index contributed by atoms with van der Waals surface area (Å²) < 4.78 is 0. The Morgan fingerprint density at radius 3 is 2.87 bits per heavy atom. The van der Waals surface area contributed by atoms with Crippen molar-refractivity contribution < 1.29 is 9.59 Å². The fraction of sp³-hybridized carbons (Fsp3) is 0.294. The lowest BCUT2D eigenvalue weighted by Crippen LogP contribution is -2.44. The van der Waals surface area contributed by atoms with Gasteiger partial charge in [-0.25, -0.2) is 4.79 Å². The van der Waals surface area contributed by atoms with Crippen LogP contribution in [0.5, 0.6) is 0 Å². The number of carbonyl (C=O) groups is 2. The van der Waals surface area contributed by atoms with Gasteiger partial charge in [0.2, 0.25) is 5.91 Å². The summed E-state index contributed by atoms with van der Waals surface area (Å²) in [6, 6.07) is 11.6. The van der Waals surface area contributed by atoms with E-state index in [-0.39, 0.29) is 12.5 Å². The molecule has 2 heterocycles. The maximum absolute atomic E-state index is 12.0. The normalized spacial score (nSPS) is 12.8. The molecule has 120 valence electrons. The minimum absolute atomic E-state index is 0.204. The average molecular weight is 329 g/mol. The largest absolute Gasteiger partial charge is 0.362 e. The Hall–Kier alpha value is -2.34. The van der Waals surface area contributed by atoms with Gasteiger partial charge in [-0.3, -0.25) is 10.1 Å². The molecule has 0 radical (unpaired) electrons. The van der Waals surface area contributed by atoms with Gasteiger partial charge in [0.25, 0.3) is 0 Å². The highest BCUT2D eigenvalue weighted by atomic mass is 32.1. The predicted octanol–water partition coefficient (Wildman–Crippen LogP) is 2.18. The van der Waals surface area contributed by atoms with Gasteiger partial charge in [0, 0.05) is 23.7 Å². The van der Waals surface area contributed by atoms with Crippen LogP contribution >= 0.6 is 11.3 Å².